The minimum absolute atomic E-state index is 0.0762. The average molecular weight is 779 g/mol. The highest BCUT2D eigenvalue weighted by Gasteiger charge is 2.58. The van der Waals surface area contributed by atoms with Crippen molar-refractivity contribution in [2.45, 2.75) is 69.8 Å². The van der Waals surface area contributed by atoms with Crippen LogP contribution < -0.4 is 10.6 Å². The molecular weight excluding hydrogens is 732 g/mol. The number of aryl methyl sites for hydroxylation is 1. The van der Waals surface area contributed by atoms with E-state index in [-0.39, 0.29) is 42.6 Å². The maximum Gasteiger partial charge on any atom is 0.418 e. The smallest absolute Gasteiger partial charge is 0.418 e. The number of amides is 4. The molecule has 2 aromatic carbocycles. The van der Waals surface area contributed by atoms with E-state index < -0.39 is 54.6 Å². The number of nitrogens with one attached hydrogen (secondary N) is 2. The number of carbonyl (C=O) groups excluding carboxylic acids is 5. The third kappa shape index (κ3) is 10.8. The fourth-order valence-electron chi connectivity index (χ4n) is 6.53. The molecule has 2 aromatic rings. The molecule has 5 rings (SSSR count). The molecule has 13 nitrogen and oxygen atoms in total. The van der Waals surface area contributed by atoms with Crippen molar-refractivity contribution in [1.29, 1.82) is 0 Å². The SMILES string of the molecule is C[C@H](N(Cc1ccc(F)cc1)C(=O)CN1C(=O)O[C@@]2(CCc3cc(NCCC(=O)NCCOCCOCCOCC(=O)C4CCC4)ccc32)C1=O)C(F)(F)F. The van der Waals surface area contributed by atoms with Crippen molar-refractivity contribution in [2.24, 2.45) is 5.92 Å². The van der Waals surface area contributed by atoms with E-state index >= 15 is 0 Å². The number of imide groups is 1. The van der Waals surface area contributed by atoms with Gasteiger partial charge in [0.1, 0.15) is 25.0 Å². The van der Waals surface area contributed by atoms with E-state index in [4.69, 9.17) is 18.9 Å². The molecule has 1 saturated carbocycles. The number of ether oxygens (including phenoxy) is 4. The van der Waals surface area contributed by atoms with Crippen LogP contribution in [0, 0.1) is 11.7 Å². The Hall–Kier alpha value is -4.61. The van der Waals surface area contributed by atoms with Crippen molar-refractivity contribution in [1.82, 2.24) is 15.1 Å². The topological polar surface area (TPSA) is 153 Å². The molecule has 0 aromatic heterocycles. The first-order valence-corrected chi connectivity index (χ1v) is 18.3. The summed E-state index contributed by atoms with van der Waals surface area (Å²) in [5.74, 6) is -2.46. The van der Waals surface area contributed by atoms with Crippen LogP contribution in [-0.2, 0) is 56.7 Å². The van der Waals surface area contributed by atoms with Crippen LogP contribution in [0.3, 0.4) is 0 Å². The number of carbonyl (C=O) groups is 5. The molecule has 0 unspecified atom stereocenters. The van der Waals surface area contributed by atoms with Gasteiger partial charge in [-0.3, -0.25) is 19.2 Å². The van der Waals surface area contributed by atoms with Gasteiger partial charge in [-0.05, 0) is 61.6 Å². The lowest BCUT2D eigenvalue weighted by Crippen LogP contribution is -2.51. The summed E-state index contributed by atoms with van der Waals surface area (Å²) >= 11 is 0. The lowest BCUT2D eigenvalue weighted by atomic mass is 9.82. The van der Waals surface area contributed by atoms with E-state index in [1.165, 1.54) is 12.1 Å². The number of Topliss-reactive ketones (excluding diaryl/α,β-unsaturated/α-hetero) is 1. The minimum Gasteiger partial charge on any atom is -0.427 e. The third-order valence-electron chi connectivity index (χ3n) is 9.98. The standard InChI is InChI=1S/C38H46F4N4O9/c1-25(38(40,41)42)45(22-26-5-7-29(39)8-6-26)34(49)23-46-35(50)37(55-36(46)51)13-11-28-21-30(9-10-31(28)37)43-14-12-33(48)44-15-16-52-17-18-53-19-20-54-24-32(47)27-3-2-4-27/h5-10,21,25,27,43H,2-4,11-20,22-24H2,1H3,(H,44,48)/t25-,37+/m0/s1. The van der Waals surface area contributed by atoms with Crippen LogP contribution in [-0.4, -0.2) is 111 Å². The second-order valence-corrected chi connectivity index (χ2v) is 13.7. The van der Waals surface area contributed by atoms with Gasteiger partial charge in [0.25, 0.3) is 5.91 Å². The van der Waals surface area contributed by atoms with Crippen LogP contribution in [0.5, 0.6) is 0 Å². The van der Waals surface area contributed by atoms with Crippen LogP contribution in [0.4, 0.5) is 28.0 Å². The molecule has 1 aliphatic heterocycles. The van der Waals surface area contributed by atoms with Gasteiger partial charge in [-0.25, -0.2) is 14.1 Å². The van der Waals surface area contributed by atoms with Gasteiger partial charge in [0.15, 0.2) is 5.78 Å². The van der Waals surface area contributed by atoms with Crippen LogP contribution in [0.15, 0.2) is 42.5 Å². The van der Waals surface area contributed by atoms with E-state index in [1.54, 1.807) is 18.2 Å². The highest BCUT2D eigenvalue weighted by molar-refractivity contribution is 6.06. The van der Waals surface area contributed by atoms with Gasteiger partial charge < -0.3 is 34.5 Å². The summed E-state index contributed by atoms with van der Waals surface area (Å²) in [6.45, 7) is 1.73. The first-order valence-electron chi connectivity index (χ1n) is 18.3. The van der Waals surface area contributed by atoms with Crippen molar-refractivity contribution in [3.05, 3.63) is 65.0 Å². The maximum absolute atomic E-state index is 13.7. The molecule has 2 fully saturated rings. The fraction of sp³-hybridized carbons (Fsp3) is 0.553. The van der Waals surface area contributed by atoms with Crippen LogP contribution >= 0.6 is 0 Å². The summed E-state index contributed by atoms with van der Waals surface area (Å²) in [6, 6.07) is 7.37. The predicted octanol–water partition coefficient (Wildman–Crippen LogP) is 4.26. The van der Waals surface area contributed by atoms with Crippen LogP contribution in [0.25, 0.3) is 0 Å². The zero-order chi connectivity index (χ0) is 39.6. The van der Waals surface area contributed by atoms with Crippen molar-refractivity contribution >= 4 is 35.3 Å². The summed E-state index contributed by atoms with van der Waals surface area (Å²) in [5.41, 5.74) is 0.263. The number of halogens is 4. The Morgan fingerprint density at radius 2 is 1.67 bits per heavy atom. The quantitative estimate of drug-likeness (QED) is 0.139. The van der Waals surface area contributed by atoms with Crippen LogP contribution in [0.2, 0.25) is 0 Å². The number of nitrogens with zero attached hydrogens (tertiary/aromatic N) is 2. The summed E-state index contributed by atoms with van der Waals surface area (Å²) in [4.78, 5) is 65.0. The highest BCUT2D eigenvalue weighted by Crippen LogP contribution is 2.46. The monoisotopic (exact) mass is 778 g/mol. The molecule has 0 radical (unpaired) electrons. The Kier molecular flexibility index (Phi) is 14.2. The van der Waals surface area contributed by atoms with Crippen molar-refractivity contribution < 1.29 is 60.5 Å². The number of fused-ring (bicyclic) bond motifs is 2. The first kappa shape index (κ1) is 41.6. The molecule has 17 heteroatoms. The van der Waals surface area contributed by atoms with Crippen LogP contribution in [0.1, 0.15) is 55.7 Å². The molecule has 2 aliphatic carbocycles. The maximum atomic E-state index is 13.7. The third-order valence-corrected chi connectivity index (χ3v) is 9.98. The predicted molar refractivity (Wildman–Crippen MR) is 188 cm³/mol. The van der Waals surface area contributed by atoms with E-state index in [2.05, 4.69) is 10.6 Å². The van der Waals surface area contributed by atoms with E-state index in [1.807, 2.05) is 0 Å². The zero-order valence-corrected chi connectivity index (χ0v) is 30.6. The molecule has 300 valence electrons. The summed E-state index contributed by atoms with van der Waals surface area (Å²) in [5, 5.41) is 5.92. The Morgan fingerprint density at radius 3 is 2.35 bits per heavy atom. The molecule has 3 aliphatic rings. The molecular formula is C38H46F4N4O9. The number of anilines is 1. The van der Waals surface area contributed by atoms with Crippen molar-refractivity contribution in [3.63, 3.8) is 0 Å². The largest absolute Gasteiger partial charge is 0.427 e. The molecule has 1 heterocycles. The number of ketones is 1. The van der Waals surface area contributed by atoms with Gasteiger partial charge in [0.2, 0.25) is 17.4 Å². The van der Waals surface area contributed by atoms with Gasteiger partial charge in [0, 0.05) is 49.6 Å². The number of alkyl halides is 3. The minimum atomic E-state index is -4.81. The molecule has 2 N–H and O–H groups in total. The Labute approximate surface area is 316 Å². The first-order chi connectivity index (χ1) is 26.3. The van der Waals surface area contributed by atoms with Crippen molar-refractivity contribution in [2.75, 3.05) is 64.6 Å². The molecule has 4 amide bonds. The lowest BCUT2D eigenvalue weighted by molar-refractivity contribution is -0.187. The van der Waals surface area contributed by atoms with Gasteiger partial charge in [-0.2, -0.15) is 13.2 Å². The molecule has 2 atom stereocenters. The Morgan fingerprint density at radius 1 is 0.982 bits per heavy atom. The van der Waals surface area contributed by atoms with E-state index in [0.717, 1.165) is 38.3 Å². The highest BCUT2D eigenvalue weighted by atomic mass is 19.4. The number of hydrogen-bond acceptors (Lipinski definition) is 10. The summed E-state index contributed by atoms with van der Waals surface area (Å²) in [6.07, 6.45) is -2.35. The normalized spacial score (nSPS) is 18.5. The van der Waals surface area contributed by atoms with Crippen molar-refractivity contribution in [3.8, 4) is 0 Å². The summed E-state index contributed by atoms with van der Waals surface area (Å²) < 4.78 is 76.4. The average Bonchev–Trinajstić information content (AvgIpc) is 3.59. The number of hydrogen-bond donors (Lipinski definition) is 2. The second kappa shape index (κ2) is 18.8. The van der Waals surface area contributed by atoms with Gasteiger partial charge in [0.05, 0.1) is 33.0 Å². The van der Waals surface area contributed by atoms with Gasteiger partial charge >= 0.3 is 12.3 Å². The second-order valence-electron chi connectivity index (χ2n) is 13.7. The summed E-state index contributed by atoms with van der Waals surface area (Å²) in [7, 11) is 0. The molecule has 1 spiro atoms. The van der Waals surface area contributed by atoms with Gasteiger partial charge in [-0.15, -0.1) is 0 Å². The van der Waals surface area contributed by atoms with E-state index in [9.17, 15) is 41.5 Å². The van der Waals surface area contributed by atoms with E-state index in [0.29, 0.717) is 79.2 Å². The van der Waals surface area contributed by atoms with Gasteiger partial charge in [-0.1, -0.05) is 24.6 Å². The molecule has 1 saturated heterocycles. The number of benzene rings is 2. The molecule has 0 bridgehead atoms. The number of rotatable bonds is 21. The molecule has 55 heavy (non-hydrogen) atoms. The Bertz CT molecular complexity index is 1690. The Balaban J connectivity index is 1.02. The zero-order valence-electron chi connectivity index (χ0n) is 30.6. The lowest BCUT2D eigenvalue weighted by Gasteiger charge is -2.31. The fourth-order valence-corrected chi connectivity index (χ4v) is 6.53.